The zero-order valence-electron chi connectivity index (χ0n) is 19.7. The Morgan fingerprint density at radius 3 is 1.74 bits per heavy atom. The van der Waals surface area contributed by atoms with Gasteiger partial charge < -0.3 is 9.47 Å². The molecule has 0 bridgehead atoms. The summed E-state index contributed by atoms with van der Waals surface area (Å²) in [6.45, 7) is 6.79. The molecule has 3 rings (SSSR count). The van der Waals surface area contributed by atoms with E-state index in [-0.39, 0.29) is 17.9 Å². The van der Waals surface area contributed by atoms with Gasteiger partial charge in [-0.1, -0.05) is 39.2 Å². The van der Waals surface area contributed by atoms with E-state index in [0.29, 0.717) is 25.0 Å². The Labute approximate surface area is 189 Å². The summed E-state index contributed by atoms with van der Waals surface area (Å²) in [5.41, 5.74) is 0. The van der Waals surface area contributed by atoms with Crippen LogP contribution in [0.3, 0.4) is 0 Å². The smallest absolute Gasteiger partial charge is 0.330 e. The van der Waals surface area contributed by atoms with Crippen LogP contribution in [0.2, 0.25) is 0 Å². The summed E-state index contributed by atoms with van der Waals surface area (Å²) in [6, 6.07) is 0. The topological polar surface area (TPSA) is 52.6 Å². The lowest BCUT2D eigenvalue weighted by molar-refractivity contribution is -0.152. The molecule has 4 heteroatoms. The Balaban J connectivity index is 1.28. The lowest BCUT2D eigenvalue weighted by atomic mass is 9.69. The van der Waals surface area contributed by atoms with Crippen LogP contribution in [0.25, 0.3) is 0 Å². The average molecular weight is 433 g/mol. The van der Waals surface area contributed by atoms with Gasteiger partial charge >= 0.3 is 11.9 Å². The van der Waals surface area contributed by atoms with E-state index in [0.717, 1.165) is 56.3 Å². The number of esters is 2. The highest BCUT2D eigenvalue weighted by atomic mass is 16.5. The number of carbonyl (C=O) groups is 2. The van der Waals surface area contributed by atoms with Gasteiger partial charge in [0, 0.05) is 6.08 Å². The highest BCUT2D eigenvalue weighted by Gasteiger charge is 2.33. The van der Waals surface area contributed by atoms with Gasteiger partial charge in [-0.3, -0.25) is 4.79 Å². The number of hydrogen-bond acceptors (Lipinski definition) is 4. The molecule has 0 unspecified atom stereocenters. The highest BCUT2D eigenvalue weighted by molar-refractivity contribution is 5.81. The zero-order chi connectivity index (χ0) is 22.1. The van der Waals surface area contributed by atoms with Gasteiger partial charge in [-0.25, -0.2) is 4.79 Å². The maximum atomic E-state index is 12.6. The number of rotatable bonds is 9. The van der Waals surface area contributed by atoms with Gasteiger partial charge in [-0.05, 0) is 93.8 Å². The molecular formula is C27H44O4. The first-order valence-corrected chi connectivity index (χ1v) is 13.0. The molecule has 0 aromatic rings. The molecule has 31 heavy (non-hydrogen) atoms. The van der Waals surface area contributed by atoms with E-state index in [4.69, 9.17) is 9.47 Å². The lowest BCUT2D eigenvalue weighted by Crippen LogP contribution is -2.30. The van der Waals surface area contributed by atoms with Gasteiger partial charge in [0.05, 0.1) is 19.1 Å². The van der Waals surface area contributed by atoms with E-state index in [1.54, 1.807) is 0 Å². The molecule has 0 aliphatic heterocycles. The molecule has 0 N–H and O–H groups in total. The van der Waals surface area contributed by atoms with E-state index >= 15 is 0 Å². The first-order valence-electron chi connectivity index (χ1n) is 13.0. The summed E-state index contributed by atoms with van der Waals surface area (Å²) in [6.07, 6.45) is 18.3. The molecular weight excluding hydrogens is 388 g/mol. The molecule has 0 spiro atoms. The summed E-state index contributed by atoms with van der Waals surface area (Å²) in [5.74, 6) is 3.46. The van der Waals surface area contributed by atoms with E-state index in [2.05, 4.69) is 13.5 Å². The monoisotopic (exact) mass is 432 g/mol. The van der Waals surface area contributed by atoms with E-state index in [1.165, 1.54) is 57.4 Å². The van der Waals surface area contributed by atoms with Crippen molar-refractivity contribution >= 4 is 11.9 Å². The Kier molecular flexibility index (Phi) is 9.93. The molecule has 0 aromatic carbocycles. The van der Waals surface area contributed by atoms with Crippen LogP contribution in [0.5, 0.6) is 0 Å². The van der Waals surface area contributed by atoms with Crippen LogP contribution in [0.1, 0.15) is 96.8 Å². The van der Waals surface area contributed by atoms with E-state index in [9.17, 15) is 9.59 Å². The quantitative estimate of drug-likeness (QED) is 0.309. The van der Waals surface area contributed by atoms with Crippen molar-refractivity contribution in [2.75, 3.05) is 13.2 Å². The average Bonchev–Trinajstić information content (AvgIpc) is 2.82. The van der Waals surface area contributed by atoms with Crippen molar-refractivity contribution in [2.45, 2.75) is 96.8 Å². The largest absolute Gasteiger partial charge is 0.465 e. The maximum absolute atomic E-state index is 12.6. The Bertz CT molecular complexity index is 562. The SMILES string of the molecule is C=CC(=O)OCC1CCC(COC(=O)C2CCC(C3CCC(CCC)CC3)CC2)CC1. The van der Waals surface area contributed by atoms with Gasteiger partial charge in [0.25, 0.3) is 0 Å². The van der Waals surface area contributed by atoms with Crippen molar-refractivity contribution in [1.29, 1.82) is 0 Å². The Morgan fingerprint density at radius 1 is 0.742 bits per heavy atom. The second-order valence-electron chi connectivity index (χ2n) is 10.5. The summed E-state index contributed by atoms with van der Waals surface area (Å²) in [5, 5.41) is 0. The van der Waals surface area contributed by atoms with Crippen molar-refractivity contribution in [1.82, 2.24) is 0 Å². The van der Waals surface area contributed by atoms with Crippen LogP contribution in [0.15, 0.2) is 12.7 Å². The summed E-state index contributed by atoms with van der Waals surface area (Å²) in [7, 11) is 0. The Hall–Kier alpha value is -1.32. The molecule has 0 saturated heterocycles. The molecule has 4 nitrogen and oxygen atoms in total. The zero-order valence-corrected chi connectivity index (χ0v) is 19.7. The molecule has 176 valence electrons. The first kappa shape index (κ1) is 24.3. The van der Waals surface area contributed by atoms with E-state index in [1.807, 2.05) is 0 Å². The minimum absolute atomic E-state index is 0.0483. The van der Waals surface area contributed by atoms with Crippen LogP contribution in [0, 0.1) is 35.5 Å². The lowest BCUT2D eigenvalue weighted by Gasteiger charge is -2.37. The predicted octanol–water partition coefficient (Wildman–Crippen LogP) is 6.48. The van der Waals surface area contributed by atoms with Crippen molar-refractivity contribution in [3.05, 3.63) is 12.7 Å². The molecule has 3 aliphatic carbocycles. The molecule has 0 heterocycles. The molecule has 0 amide bonds. The fourth-order valence-corrected chi connectivity index (χ4v) is 6.32. The maximum Gasteiger partial charge on any atom is 0.330 e. The first-order chi connectivity index (χ1) is 15.1. The molecule has 3 fully saturated rings. The van der Waals surface area contributed by atoms with Crippen LogP contribution in [0.4, 0.5) is 0 Å². The standard InChI is InChI=1S/C27H44O4/c1-3-5-20-10-12-23(13-11-20)24-14-16-25(17-15-24)27(29)31-19-22-8-6-21(7-9-22)18-30-26(28)4-2/h4,20-25H,2-3,5-19H2,1H3. The van der Waals surface area contributed by atoms with Crippen molar-refractivity contribution in [2.24, 2.45) is 35.5 Å². The number of hydrogen-bond donors (Lipinski definition) is 0. The van der Waals surface area contributed by atoms with Crippen molar-refractivity contribution in [3.63, 3.8) is 0 Å². The molecule has 0 atom stereocenters. The number of ether oxygens (including phenoxy) is 2. The van der Waals surface area contributed by atoms with E-state index < -0.39 is 0 Å². The summed E-state index contributed by atoms with van der Waals surface area (Å²) in [4.78, 5) is 23.8. The predicted molar refractivity (Wildman–Crippen MR) is 123 cm³/mol. The third kappa shape index (κ3) is 7.64. The molecule has 3 aliphatic rings. The highest BCUT2D eigenvalue weighted by Crippen LogP contribution is 2.42. The number of carbonyl (C=O) groups excluding carboxylic acids is 2. The third-order valence-corrected chi connectivity index (χ3v) is 8.42. The molecule has 0 radical (unpaired) electrons. The second-order valence-corrected chi connectivity index (χ2v) is 10.5. The third-order valence-electron chi connectivity index (χ3n) is 8.42. The van der Waals surface area contributed by atoms with Gasteiger partial charge in [0.15, 0.2) is 0 Å². The van der Waals surface area contributed by atoms with Gasteiger partial charge in [0.2, 0.25) is 0 Å². The fourth-order valence-electron chi connectivity index (χ4n) is 6.32. The van der Waals surface area contributed by atoms with Crippen LogP contribution in [-0.2, 0) is 19.1 Å². The summed E-state index contributed by atoms with van der Waals surface area (Å²) < 4.78 is 10.9. The normalized spacial score (nSPS) is 34.0. The van der Waals surface area contributed by atoms with Crippen molar-refractivity contribution in [3.8, 4) is 0 Å². The second kappa shape index (κ2) is 12.6. The fraction of sp³-hybridized carbons (Fsp3) is 0.852. The minimum atomic E-state index is -0.338. The van der Waals surface area contributed by atoms with Crippen LogP contribution in [-0.4, -0.2) is 25.2 Å². The molecule has 0 aromatic heterocycles. The summed E-state index contributed by atoms with van der Waals surface area (Å²) >= 11 is 0. The van der Waals surface area contributed by atoms with Gasteiger partial charge in [-0.2, -0.15) is 0 Å². The van der Waals surface area contributed by atoms with Gasteiger partial charge in [0.1, 0.15) is 0 Å². The van der Waals surface area contributed by atoms with Crippen LogP contribution < -0.4 is 0 Å². The van der Waals surface area contributed by atoms with Crippen LogP contribution >= 0.6 is 0 Å². The molecule has 3 saturated carbocycles. The Morgan fingerprint density at radius 2 is 1.23 bits per heavy atom. The minimum Gasteiger partial charge on any atom is -0.465 e. The van der Waals surface area contributed by atoms with Gasteiger partial charge in [-0.15, -0.1) is 0 Å². The van der Waals surface area contributed by atoms with Crippen molar-refractivity contribution < 1.29 is 19.1 Å².